The van der Waals surface area contributed by atoms with E-state index in [1.807, 2.05) is 31.6 Å². The van der Waals surface area contributed by atoms with Gasteiger partial charge < -0.3 is 20.1 Å². The van der Waals surface area contributed by atoms with Gasteiger partial charge in [-0.3, -0.25) is 9.48 Å². The summed E-state index contributed by atoms with van der Waals surface area (Å²) in [6.45, 7) is 6.68. The van der Waals surface area contributed by atoms with Gasteiger partial charge in [-0.05, 0) is 51.8 Å². The summed E-state index contributed by atoms with van der Waals surface area (Å²) >= 11 is 0. The molecule has 0 unspecified atom stereocenters. The zero-order valence-corrected chi connectivity index (χ0v) is 23.2. The third kappa shape index (κ3) is 6.03. The van der Waals surface area contributed by atoms with E-state index in [9.17, 15) is 14.0 Å². The Morgan fingerprint density at radius 3 is 2.56 bits per heavy atom. The van der Waals surface area contributed by atoms with Gasteiger partial charge in [-0.15, -0.1) is 0 Å². The largest absolute Gasteiger partial charge is 0.497 e. The topological polar surface area (TPSA) is 143 Å². The average Bonchev–Trinajstić information content (AvgIpc) is 3.44. The molecule has 12 nitrogen and oxygen atoms in total. The molecule has 0 bridgehead atoms. The number of rotatable bonds is 5. The van der Waals surface area contributed by atoms with Crippen LogP contribution >= 0.6 is 0 Å². The Morgan fingerprint density at radius 2 is 1.85 bits per heavy atom. The van der Waals surface area contributed by atoms with Gasteiger partial charge in [0, 0.05) is 37.0 Å². The van der Waals surface area contributed by atoms with E-state index >= 15 is 0 Å². The van der Waals surface area contributed by atoms with Crippen LogP contribution in [0.3, 0.4) is 0 Å². The number of benzene rings is 1. The molecule has 1 aliphatic rings. The van der Waals surface area contributed by atoms with Crippen molar-refractivity contribution >= 4 is 11.9 Å². The molecule has 1 saturated heterocycles. The van der Waals surface area contributed by atoms with E-state index in [0.29, 0.717) is 30.1 Å². The SMILES string of the molecule is COc1ccc(F)c(-n2nc(-c3nc(-c4cnn(C5CCN(C(=O)OC(C)(C)C)CC5)c4)cnc3N)ccc2=O)c1. The summed E-state index contributed by atoms with van der Waals surface area (Å²) in [4.78, 5) is 35.6. The van der Waals surface area contributed by atoms with E-state index in [1.165, 1.54) is 43.6 Å². The van der Waals surface area contributed by atoms with Crippen LogP contribution < -0.4 is 16.0 Å². The Bertz CT molecular complexity index is 1640. The lowest BCUT2D eigenvalue weighted by Crippen LogP contribution is -2.42. The summed E-state index contributed by atoms with van der Waals surface area (Å²) in [7, 11) is 1.44. The summed E-state index contributed by atoms with van der Waals surface area (Å²) in [5.74, 6) is -0.177. The predicted molar refractivity (Wildman–Crippen MR) is 149 cm³/mol. The van der Waals surface area contributed by atoms with Gasteiger partial charge in [0.05, 0.1) is 31.2 Å². The average molecular weight is 563 g/mol. The first kappa shape index (κ1) is 27.7. The summed E-state index contributed by atoms with van der Waals surface area (Å²) in [6, 6.07) is 6.85. The summed E-state index contributed by atoms with van der Waals surface area (Å²) in [5.41, 5.74) is 6.67. The van der Waals surface area contributed by atoms with Gasteiger partial charge in [-0.1, -0.05) is 0 Å². The fourth-order valence-electron chi connectivity index (χ4n) is 4.53. The van der Waals surface area contributed by atoms with Crippen LogP contribution in [0.5, 0.6) is 5.75 Å². The van der Waals surface area contributed by atoms with Crippen LogP contribution in [0.1, 0.15) is 39.7 Å². The Hall–Kier alpha value is -4.81. The molecule has 1 aromatic carbocycles. The first-order chi connectivity index (χ1) is 19.5. The van der Waals surface area contributed by atoms with Crippen molar-refractivity contribution in [2.45, 2.75) is 45.3 Å². The molecule has 214 valence electrons. The van der Waals surface area contributed by atoms with Gasteiger partial charge in [-0.25, -0.2) is 19.2 Å². The van der Waals surface area contributed by atoms with Crippen LogP contribution in [0.4, 0.5) is 15.0 Å². The second-order valence-electron chi connectivity index (χ2n) is 10.7. The maximum absolute atomic E-state index is 14.6. The standard InChI is InChI=1S/C28H31FN8O4/c1-28(2,3)41-27(39)35-11-9-18(10-12-35)36-16-17(14-32-36)22-15-31-26(30)25(33-22)21-7-8-24(38)37(34-21)23-13-19(40-4)5-6-20(23)29/h5-8,13-16,18H,9-12H2,1-4H3,(H2,30,31). The molecule has 13 heteroatoms. The van der Waals surface area contributed by atoms with E-state index in [1.54, 1.807) is 11.1 Å². The fourth-order valence-corrected chi connectivity index (χ4v) is 4.53. The van der Waals surface area contributed by atoms with E-state index in [0.717, 1.165) is 17.5 Å². The Labute approximate surface area is 235 Å². The molecule has 0 radical (unpaired) electrons. The predicted octanol–water partition coefficient (Wildman–Crippen LogP) is 3.85. The maximum atomic E-state index is 14.6. The number of aromatic nitrogens is 6. The van der Waals surface area contributed by atoms with Gasteiger partial charge in [-0.2, -0.15) is 14.9 Å². The lowest BCUT2D eigenvalue weighted by molar-refractivity contribution is 0.0185. The van der Waals surface area contributed by atoms with Crippen molar-refractivity contribution in [1.82, 2.24) is 34.4 Å². The van der Waals surface area contributed by atoms with Crippen molar-refractivity contribution in [3.63, 3.8) is 0 Å². The monoisotopic (exact) mass is 562 g/mol. The Morgan fingerprint density at radius 1 is 1.10 bits per heavy atom. The second kappa shape index (κ2) is 11.0. The zero-order chi connectivity index (χ0) is 29.3. The van der Waals surface area contributed by atoms with Crippen LogP contribution in [-0.4, -0.2) is 66.3 Å². The van der Waals surface area contributed by atoms with Crippen molar-refractivity contribution in [1.29, 1.82) is 0 Å². The van der Waals surface area contributed by atoms with Gasteiger partial charge in [0.25, 0.3) is 5.56 Å². The molecular weight excluding hydrogens is 531 g/mol. The van der Waals surface area contributed by atoms with E-state index in [2.05, 4.69) is 20.2 Å². The Kier molecular flexibility index (Phi) is 7.43. The molecule has 2 N–H and O–H groups in total. The minimum Gasteiger partial charge on any atom is -0.497 e. The third-order valence-corrected chi connectivity index (χ3v) is 6.61. The lowest BCUT2D eigenvalue weighted by Gasteiger charge is -2.33. The van der Waals surface area contributed by atoms with Crippen molar-refractivity contribution in [3.05, 3.63) is 65.1 Å². The molecule has 4 aromatic rings. The van der Waals surface area contributed by atoms with Crippen LogP contribution in [0.15, 0.2) is 53.7 Å². The Balaban J connectivity index is 1.37. The highest BCUT2D eigenvalue weighted by Gasteiger charge is 2.28. The molecular formula is C28H31FN8O4. The van der Waals surface area contributed by atoms with Crippen LogP contribution in [-0.2, 0) is 4.74 Å². The first-order valence-corrected chi connectivity index (χ1v) is 13.1. The molecule has 0 spiro atoms. The van der Waals surface area contributed by atoms with Gasteiger partial charge >= 0.3 is 6.09 Å². The normalized spacial score (nSPS) is 14.2. The minimum absolute atomic E-state index is 0.0714. The number of halogens is 1. The van der Waals surface area contributed by atoms with Gasteiger partial charge in [0.2, 0.25) is 0 Å². The highest BCUT2D eigenvalue weighted by Crippen LogP contribution is 2.28. The maximum Gasteiger partial charge on any atom is 0.410 e. The highest BCUT2D eigenvalue weighted by atomic mass is 19.1. The number of amides is 1. The molecule has 0 atom stereocenters. The zero-order valence-electron chi connectivity index (χ0n) is 23.2. The molecule has 0 aliphatic carbocycles. The van der Waals surface area contributed by atoms with E-state index < -0.39 is 17.0 Å². The molecule has 4 heterocycles. The summed E-state index contributed by atoms with van der Waals surface area (Å²) < 4.78 is 28.1. The minimum atomic E-state index is -0.644. The number of nitrogen functional groups attached to an aromatic ring is 1. The molecule has 3 aromatic heterocycles. The third-order valence-electron chi connectivity index (χ3n) is 6.61. The molecule has 0 saturated carbocycles. The second-order valence-corrected chi connectivity index (χ2v) is 10.7. The lowest BCUT2D eigenvalue weighted by atomic mass is 10.1. The molecule has 5 rings (SSSR count). The summed E-state index contributed by atoms with van der Waals surface area (Å²) in [6.07, 6.45) is 6.23. The number of nitrogens with zero attached hydrogens (tertiary/aromatic N) is 7. The number of hydrogen-bond donors (Lipinski definition) is 1. The number of nitrogens with two attached hydrogens (primary N) is 1. The number of methoxy groups -OCH3 is 1. The van der Waals surface area contributed by atoms with Gasteiger partial charge in [0.15, 0.2) is 5.82 Å². The number of carbonyl (C=O) groups is 1. The number of piperidine rings is 1. The highest BCUT2D eigenvalue weighted by molar-refractivity contribution is 5.70. The van der Waals surface area contributed by atoms with E-state index in [4.69, 9.17) is 15.2 Å². The van der Waals surface area contributed by atoms with Crippen molar-refractivity contribution in [2.24, 2.45) is 0 Å². The molecule has 41 heavy (non-hydrogen) atoms. The number of carbonyl (C=O) groups excluding carboxylic acids is 1. The molecule has 1 amide bonds. The van der Waals surface area contributed by atoms with Crippen molar-refractivity contribution in [2.75, 3.05) is 25.9 Å². The molecule has 1 fully saturated rings. The quantitative estimate of drug-likeness (QED) is 0.383. The fraction of sp³-hybridized carbons (Fsp3) is 0.357. The van der Waals surface area contributed by atoms with Crippen LogP contribution in [0.25, 0.3) is 28.3 Å². The van der Waals surface area contributed by atoms with Crippen molar-refractivity contribution < 1.29 is 18.7 Å². The van der Waals surface area contributed by atoms with Gasteiger partial charge in [0.1, 0.15) is 34.2 Å². The van der Waals surface area contributed by atoms with Crippen LogP contribution in [0.2, 0.25) is 0 Å². The number of likely N-dealkylation sites (tertiary alicyclic amines) is 1. The number of anilines is 1. The number of ether oxygens (including phenoxy) is 2. The van der Waals surface area contributed by atoms with E-state index in [-0.39, 0.29) is 35.0 Å². The van der Waals surface area contributed by atoms with Crippen LogP contribution in [0, 0.1) is 5.82 Å². The first-order valence-electron chi connectivity index (χ1n) is 13.1. The number of hydrogen-bond acceptors (Lipinski definition) is 9. The van der Waals surface area contributed by atoms with Crippen molar-refractivity contribution in [3.8, 4) is 34.1 Å². The smallest absolute Gasteiger partial charge is 0.410 e. The summed E-state index contributed by atoms with van der Waals surface area (Å²) in [5, 5.41) is 8.86. The molecule has 1 aliphatic heterocycles.